The maximum Gasteiger partial charge on any atom is 0.293 e. The number of carbonyl (C=O) groups is 1. The summed E-state index contributed by atoms with van der Waals surface area (Å²) in [5, 5.41) is 4.47. The van der Waals surface area contributed by atoms with E-state index in [1.165, 1.54) is 0 Å². The van der Waals surface area contributed by atoms with Crippen LogP contribution in [0, 0.1) is 0 Å². The minimum absolute atomic E-state index is 0.0174. The predicted molar refractivity (Wildman–Crippen MR) is 92.9 cm³/mol. The number of benzene rings is 1. The average molecular weight is 344 g/mol. The molecule has 0 bridgehead atoms. The van der Waals surface area contributed by atoms with Crippen molar-refractivity contribution >= 4 is 5.91 Å². The molecule has 2 atom stereocenters. The molecule has 0 aliphatic carbocycles. The number of hydrogen-bond acceptors (Lipinski definition) is 5. The van der Waals surface area contributed by atoms with Crippen LogP contribution in [0.15, 0.2) is 30.3 Å². The minimum Gasteiger partial charge on any atom is -0.383 e. The van der Waals surface area contributed by atoms with Gasteiger partial charge in [-0.3, -0.25) is 4.79 Å². The van der Waals surface area contributed by atoms with Gasteiger partial charge in [-0.2, -0.15) is 0 Å². The molecule has 1 aliphatic rings. The number of likely N-dealkylation sites (tertiary alicyclic amines) is 1. The molecule has 1 aromatic carbocycles. The van der Waals surface area contributed by atoms with Crippen molar-refractivity contribution in [3.63, 3.8) is 0 Å². The Balaban J connectivity index is 1.88. The summed E-state index contributed by atoms with van der Waals surface area (Å²) in [6, 6.07) is 9.71. The number of nitrogens with zero attached hydrogens (tertiary/aromatic N) is 4. The van der Waals surface area contributed by atoms with Crippen LogP contribution in [0.2, 0.25) is 0 Å². The fourth-order valence-corrected chi connectivity index (χ4v) is 3.21. The Hall–Kier alpha value is -2.25. The maximum absolute atomic E-state index is 13.0. The van der Waals surface area contributed by atoms with Crippen LogP contribution in [0.3, 0.4) is 0 Å². The van der Waals surface area contributed by atoms with E-state index in [2.05, 4.69) is 10.1 Å². The quantitative estimate of drug-likeness (QED) is 0.798. The van der Waals surface area contributed by atoms with Crippen LogP contribution < -0.4 is 0 Å². The number of aryl methyl sites for hydroxylation is 1. The second-order valence-corrected chi connectivity index (χ2v) is 6.11. The van der Waals surface area contributed by atoms with E-state index in [0.29, 0.717) is 19.6 Å². The number of methoxy groups -OCH3 is 2. The third-order valence-corrected chi connectivity index (χ3v) is 4.51. The minimum atomic E-state index is -0.175. The first-order chi connectivity index (χ1) is 12.2. The van der Waals surface area contributed by atoms with Crippen LogP contribution in [-0.2, 0) is 15.9 Å². The van der Waals surface area contributed by atoms with Crippen LogP contribution in [0.1, 0.15) is 29.8 Å². The Morgan fingerprint density at radius 3 is 2.68 bits per heavy atom. The molecule has 7 nitrogen and oxygen atoms in total. The van der Waals surface area contributed by atoms with Gasteiger partial charge in [-0.1, -0.05) is 25.1 Å². The summed E-state index contributed by atoms with van der Waals surface area (Å²) in [5.74, 6) is 0.810. The SMILES string of the molecule is CCc1nc(C(=O)N2C[C@H](OC)C[C@H]2COC)nn1-c1ccccc1. The van der Waals surface area contributed by atoms with Gasteiger partial charge >= 0.3 is 0 Å². The second kappa shape index (κ2) is 7.76. The van der Waals surface area contributed by atoms with Crippen molar-refractivity contribution in [2.75, 3.05) is 27.4 Å². The molecule has 134 valence electrons. The number of carbonyl (C=O) groups excluding carboxylic acids is 1. The van der Waals surface area contributed by atoms with Crippen molar-refractivity contribution in [3.05, 3.63) is 42.0 Å². The molecule has 1 fully saturated rings. The van der Waals surface area contributed by atoms with Gasteiger partial charge in [0.05, 0.1) is 24.4 Å². The number of amides is 1. The van der Waals surface area contributed by atoms with Crippen molar-refractivity contribution in [2.24, 2.45) is 0 Å². The Bertz CT molecular complexity index is 716. The molecule has 7 heteroatoms. The Labute approximate surface area is 147 Å². The third-order valence-electron chi connectivity index (χ3n) is 4.51. The number of rotatable bonds is 6. The lowest BCUT2D eigenvalue weighted by molar-refractivity contribution is 0.0600. The second-order valence-electron chi connectivity index (χ2n) is 6.11. The molecule has 0 spiro atoms. The van der Waals surface area contributed by atoms with Crippen LogP contribution in [-0.4, -0.2) is 65.1 Å². The Kier molecular flexibility index (Phi) is 5.45. The zero-order chi connectivity index (χ0) is 17.8. The zero-order valence-corrected chi connectivity index (χ0v) is 14.9. The molecule has 0 N–H and O–H groups in total. The van der Waals surface area contributed by atoms with Crippen LogP contribution in [0.5, 0.6) is 0 Å². The van der Waals surface area contributed by atoms with Crippen molar-refractivity contribution in [1.29, 1.82) is 0 Å². The highest BCUT2D eigenvalue weighted by molar-refractivity contribution is 5.91. The topological polar surface area (TPSA) is 69.5 Å². The number of ether oxygens (including phenoxy) is 2. The maximum atomic E-state index is 13.0. The largest absolute Gasteiger partial charge is 0.383 e. The van der Waals surface area contributed by atoms with Crippen molar-refractivity contribution in [1.82, 2.24) is 19.7 Å². The fourth-order valence-electron chi connectivity index (χ4n) is 3.21. The molecule has 2 aromatic rings. The number of aromatic nitrogens is 3. The Morgan fingerprint density at radius 1 is 1.28 bits per heavy atom. The highest BCUT2D eigenvalue weighted by atomic mass is 16.5. The van der Waals surface area contributed by atoms with Gasteiger partial charge in [0.15, 0.2) is 0 Å². The summed E-state index contributed by atoms with van der Waals surface area (Å²) in [6.45, 7) is 3.01. The summed E-state index contributed by atoms with van der Waals surface area (Å²) in [4.78, 5) is 19.2. The highest BCUT2D eigenvalue weighted by Gasteiger charge is 2.37. The molecular formula is C18H24N4O3. The molecule has 3 rings (SSSR count). The van der Waals surface area contributed by atoms with Crippen molar-refractivity contribution in [2.45, 2.75) is 31.9 Å². The molecule has 1 amide bonds. The predicted octanol–water partition coefficient (Wildman–Crippen LogP) is 1.71. The van der Waals surface area contributed by atoms with Gasteiger partial charge in [-0.15, -0.1) is 5.10 Å². The van der Waals surface area contributed by atoms with E-state index >= 15 is 0 Å². The standard InChI is InChI=1S/C18H24N4O3/c1-4-16-19-17(20-22(16)13-8-6-5-7-9-13)18(23)21-11-15(25-3)10-14(21)12-24-2/h5-9,14-15H,4,10-12H2,1-3H3/t14-,15+/m0/s1. The van der Waals surface area contributed by atoms with E-state index < -0.39 is 0 Å². The molecule has 1 aromatic heterocycles. The first-order valence-electron chi connectivity index (χ1n) is 8.52. The monoisotopic (exact) mass is 344 g/mol. The smallest absolute Gasteiger partial charge is 0.293 e. The molecule has 0 unspecified atom stereocenters. The van der Waals surface area contributed by atoms with Gasteiger partial charge in [0.2, 0.25) is 5.82 Å². The molecule has 1 aliphatic heterocycles. The third kappa shape index (κ3) is 3.57. The summed E-state index contributed by atoms with van der Waals surface area (Å²) >= 11 is 0. The lowest BCUT2D eigenvalue weighted by atomic mass is 10.2. The molecule has 2 heterocycles. The van der Waals surface area contributed by atoms with Gasteiger partial charge in [-0.05, 0) is 18.6 Å². The summed E-state index contributed by atoms with van der Waals surface area (Å²) < 4.78 is 12.4. The van der Waals surface area contributed by atoms with Crippen LogP contribution >= 0.6 is 0 Å². The fraction of sp³-hybridized carbons (Fsp3) is 0.500. The summed E-state index contributed by atoms with van der Waals surface area (Å²) in [6.07, 6.45) is 1.47. The lowest BCUT2D eigenvalue weighted by Crippen LogP contribution is -2.39. The van der Waals surface area contributed by atoms with Crippen LogP contribution in [0.25, 0.3) is 5.69 Å². The average Bonchev–Trinajstić information content (AvgIpc) is 3.26. The first-order valence-corrected chi connectivity index (χ1v) is 8.52. The zero-order valence-electron chi connectivity index (χ0n) is 14.9. The first kappa shape index (κ1) is 17.6. The number of para-hydroxylation sites is 1. The molecule has 0 radical (unpaired) electrons. The molecular weight excluding hydrogens is 320 g/mol. The molecule has 25 heavy (non-hydrogen) atoms. The van der Waals surface area contributed by atoms with Gasteiger partial charge < -0.3 is 14.4 Å². The highest BCUT2D eigenvalue weighted by Crippen LogP contribution is 2.22. The molecule has 0 saturated carbocycles. The van der Waals surface area contributed by atoms with Crippen molar-refractivity contribution in [3.8, 4) is 5.69 Å². The van der Waals surface area contributed by atoms with Gasteiger partial charge in [-0.25, -0.2) is 9.67 Å². The lowest BCUT2D eigenvalue weighted by Gasteiger charge is -2.22. The number of hydrogen-bond donors (Lipinski definition) is 0. The van der Waals surface area contributed by atoms with Gasteiger partial charge in [0.1, 0.15) is 5.82 Å². The van der Waals surface area contributed by atoms with E-state index in [0.717, 1.165) is 17.9 Å². The Morgan fingerprint density at radius 2 is 2.04 bits per heavy atom. The van der Waals surface area contributed by atoms with E-state index in [1.807, 2.05) is 37.3 Å². The summed E-state index contributed by atoms with van der Waals surface area (Å²) in [5.41, 5.74) is 0.899. The summed E-state index contributed by atoms with van der Waals surface area (Å²) in [7, 11) is 3.31. The van der Waals surface area contributed by atoms with E-state index in [4.69, 9.17) is 9.47 Å². The van der Waals surface area contributed by atoms with Gasteiger partial charge in [0.25, 0.3) is 5.91 Å². The van der Waals surface area contributed by atoms with E-state index in [1.54, 1.807) is 23.8 Å². The van der Waals surface area contributed by atoms with Gasteiger partial charge in [0, 0.05) is 27.2 Å². The van der Waals surface area contributed by atoms with E-state index in [-0.39, 0.29) is 23.9 Å². The molecule has 1 saturated heterocycles. The normalized spacial score (nSPS) is 20.2. The van der Waals surface area contributed by atoms with E-state index in [9.17, 15) is 4.79 Å². The van der Waals surface area contributed by atoms with Crippen LogP contribution in [0.4, 0.5) is 0 Å². The van der Waals surface area contributed by atoms with Crippen molar-refractivity contribution < 1.29 is 14.3 Å².